The molecule has 2 unspecified atom stereocenters. The van der Waals surface area contributed by atoms with Crippen molar-refractivity contribution in [2.45, 2.75) is 18.9 Å². The summed E-state index contributed by atoms with van der Waals surface area (Å²) >= 11 is 0. The number of carboxylic acids is 1. The van der Waals surface area contributed by atoms with Crippen molar-refractivity contribution in [2.75, 3.05) is 27.2 Å². The highest BCUT2D eigenvalue weighted by atomic mass is 16.4. The average molecular weight is 186 g/mol. The first-order valence-electron chi connectivity index (χ1n) is 4.71. The van der Waals surface area contributed by atoms with Gasteiger partial charge in [0.15, 0.2) is 0 Å². The molecule has 0 aromatic rings. The molecular weight excluding hydrogens is 168 g/mol. The van der Waals surface area contributed by atoms with Gasteiger partial charge in [-0.3, -0.25) is 4.79 Å². The molecule has 76 valence electrons. The van der Waals surface area contributed by atoms with Crippen LogP contribution in [0.2, 0.25) is 0 Å². The van der Waals surface area contributed by atoms with Crippen LogP contribution in [-0.2, 0) is 4.79 Å². The lowest BCUT2D eigenvalue weighted by molar-refractivity contribution is -0.137. The zero-order valence-electron chi connectivity index (χ0n) is 8.29. The molecule has 13 heavy (non-hydrogen) atoms. The summed E-state index contributed by atoms with van der Waals surface area (Å²) in [6.45, 7) is 2.10. The second-order valence-electron chi connectivity index (χ2n) is 3.80. The second kappa shape index (κ2) is 4.58. The van der Waals surface area contributed by atoms with E-state index >= 15 is 0 Å². The van der Waals surface area contributed by atoms with Gasteiger partial charge < -0.3 is 15.3 Å². The summed E-state index contributed by atoms with van der Waals surface area (Å²) in [5.41, 5.74) is 0. The fourth-order valence-corrected chi connectivity index (χ4v) is 1.99. The summed E-state index contributed by atoms with van der Waals surface area (Å²) < 4.78 is 0. The van der Waals surface area contributed by atoms with Gasteiger partial charge in [-0.1, -0.05) is 0 Å². The fraction of sp³-hybridized carbons (Fsp3) is 0.889. The Morgan fingerprint density at radius 2 is 2.46 bits per heavy atom. The zero-order chi connectivity index (χ0) is 9.84. The average Bonchev–Trinajstić information content (AvgIpc) is 2.47. The normalized spacial score (nSPS) is 26.2. The van der Waals surface area contributed by atoms with Crippen molar-refractivity contribution in [1.82, 2.24) is 10.2 Å². The minimum atomic E-state index is -0.714. The number of carboxylic acid groups (broad SMARTS) is 1. The first kappa shape index (κ1) is 10.5. The molecule has 4 nitrogen and oxygen atoms in total. The van der Waals surface area contributed by atoms with E-state index in [-0.39, 0.29) is 12.5 Å². The Kier molecular flexibility index (Phi) is 3.69. The van der Waals surface area contributed by atoms with Crippen LogP contribution in [0.4, 0.5) is 0 Å². The first-order chi connectivity index (χ1) is 6.13. The van der Waals surface area contributed by atoms with Crippen LogP contribution >= 0.6 is 0 Å². The smallest absolute Gasteiger partial charge is 0.304 e. The van der Waals surface area contributed by atoms with Crippen molar-refractivity contribution in [3.8, 4) is 0 Å². The maximum Gasteiger partial charge on any atom is 0.304 e. The van der Waals surface area contributed by atoms with Gasteiger partial charge in [0.1, 0.15) is 0 Å². The SMILES string of the molecule is CNC(CC(=O)O)C1CCN(C)C1. The Labute approximate surface area is 78.9 Å². The van der Waals surface area contributed by atoms with Gasteiger partial charge in [-0.2, -0.15) is 0 Å². The van der Waals surface area contributed by atoms with E-state index in [9.17, 15) is 4.79 Å². The number of hydrogen-bond donors (Lipinski definition) is 2. The monoisotopic (exact) mass is 186 g/mol. The fourth-order valence-electron chi connectivity index (χ4n) is 1.99. The van der Waals surface area contributed by atoms with Gasteiger partial charge in [0, 0.05) is 12.6 Å². The van der Waals surface area contributed by atoms with Gasteiger partial charge in [0.25, 0.3) is 0 Å². The largest absolute Gasteiger partial charge is 0.481 e. The minimum absolute atomic E-state index is 0.127. The molecule has 0 aromatic carbocycles. The highest BCUT2D eigenvalue weighted by molar-refractivity contribution is 5.67. The van der Waals surface area contributed by atoms with E-state index in [1.807, 2.05) is 7.05 Å². The van der Waals surface area contributed by atoms with E-state index < -0.39 is 5.97 Å². The van der Waals surface area contributed by atoms with Gasteiger partial charge >= 0.3 is 5.97 Å². The lowest BCUT2D eigenvalue weighted by atomic mass is 9.96. The Bertz CT molecular complexity index is 184. The van der Waals surface area contributed by atoms with Crippen LogP contribution in [-0.4, -0.2) is 49.2 Å². The lowest BCUT2D eigenvalue weighted by Gasteiger charge is -2.20. The van der Waals surface area contributed by atoms with Crippen LogP contribution in [0.25, 0.3) is 0 Å². The van der Waals surface area contributed by atoms with Crippen LogP contribution in [0.15, 0.2) is 0 Å². The molecule has 0 amide bonds. The number of aliphatic carboxylic acids is 1. The summed E-state index contributed by atoms with van der Waals surface area (Å²) in [6, 6.07) is 0.127. The number of likely N-dealkylation sites (tertiary alicyclic amines) is 1. The quantitative estimate of drug-likeness (QED) is 0.649. The lowest BCUT2D eigenvalue weighted by Crippen LogP contribution is -2.36. The Morgan fingerprint density at radius 3 is 2.85 bits per heavy atom. The summed E-state index contributed by atoms with van der Waals surface area (Å²) in [6.07, 6.45) is 1.34. The van der Waals surface area contributed by atoms with E-state index in [2.05, 4.69) is 17.3 Å². The molecule has 0 aliphatic carbocycles. The van der Waals surface area contributed by atoms with E-state index in [1.165, 1.54) is 0 Å². The predicted octanol–water partition coefficient (Wildman–Crippen LogP) is 0.000800. The standard InChI is InChI=1S/C9H18N2O2/c1-10-8(5-9(12)13)7-3-4-11(2)6-7/h7-8,10H,3-6H2,1-2H3,(H,12,13). The van der Waals surface area contributed by atoms with Crippen molar-refractivity contribution in [3.05, 3.63) is 0 Å². The molecule has 1 saturated heterocycles. The van der Waals surface area contributed by atoms with Crippen LogP contribution < -0.4 is 5.32 Å². The Balaban J connectivity index is 2.42. The van der Waals surface area contributed by atoms with Crippen LogP contribution in [0.3, 0.4) is 0 Å². The van der Waals surface area contributed by atoms with Gasteiger partial charge in [0.05, 0.1) is 6.42 Å². The van der Waals surface area contributed by atoms with Gasteiger partial charge in [-0.25, -0.2) is 0 Å². The Morgan fingerprint density at radius 1 is 1.77 bits per heavy atom. The second-order valence-corrected chi connectivity index (χ2v) is 3.80. The van der Waals surface area contributed by atoms with Crippen molar-refractivity contribution >= 4 is 5.97 Å². The predicted molar refractivity (Wildman–Crippen MR) is 50.7 cm³/mol. The molecule has 0 radical (unpaired) electrons. The topological polar surface area (TPSA) is 52.6 Å². The van der Waals surface area contributed by atoms with Crippen molar-refractivity contribution in [2.24, 2.45) is 5.92 Å². The van der Waals surface area contributed by atoms with E-state index in [0.717, 1.165) is 19.5 Å². The number of nitrogens with one attached hydrogen (secondary N) is 1. The number of hydrogen-bond acceptors (Lipinski definition) is 3. The van der Waals surface area contributed by atoms with Gasteiger partial charge in [0.2, 0.25) is 0 Å². The molecule has 1 aliphatic heterocycles. The number of rotatable bonds is 4. The number of carbonyl (C=O) groups is 1. The summed E-state index contributed by atoms with van der Waals surface area (Å²) in [5.74, 6) is -0.222. The van der Waals surface area contributed by atoms with Crippen molar-refractivity contribution < 1.29 is 9.90 Å². The molecule has 1 aliphatic rings. The molecule has 1 fully saturated rings. The summed E-state index contributed by atoms with van der Waals surface area (Å²) in [7, 11) is 3.92. The molecule has 0 spiro atoms. The molecule has 2 atom stereocenters. The number of nitrogens with zero attached hydrogens (tertiary/aromatic N) is 1. The molecular formula is C9H18N2O2. The third kappa shape index (κ3) is 2.97. The third-order valence-corrected chi connectivity index (χ3v) is 2.76. The third-order valence-electron chi connectivity index (χ3n) is 2.76. The van der Waals surface area contributed by atoms with Crippen LogP contribution in [0.1, 0.15) is 12.8 Å². The highest BCUT2D eigenvalue weighted by Gasteiger charge is 2.27. The molecule has 1 rings (SSSR count). The zero-order valence-corrected chi connectivity index (χ0v) is 8.29. The van der Waals surface area contributed by atoms with E-state index in [4.69, 9.17) is 5.11 Å². The summed E-state index contributed by atoms with van der Waals surface area (Å²) in [5, 5.41) is 11.8. The molecule has 0 saturated carbocycles. The van der Waals surface area contributed by atoms with Gasteiger partial charge in [-0.05, 0) is 33.0 Å². The van der Waals surface area contributed by atoms with Crippen LogP contribution in [0.5, 0.6) is 0 Å². The van der Waals surface area contributed by atoms with Crippen molar-refractivity contribution in [1.29, 1.82) is 0 Å². The first-order valence-corrected chi connectivity index (χ1v) is 4.71. The minimum Gasteiger partial charge on any atom is -0.481 e. The maximum atomic E-state index is 10.6. The van der Waals surface area contributed by atoms with Gasteiger partial charge in [-0.15, -0.1) is 0 Å². The molecule has 4 heteroatoms. The molecule has 0 aromatic heterocycles. The molecule has 1 heterocycles. The van der Waals surface area contributed by atoms with Crippen LogP contribution in [0, 0.1) is 5.92 Å². The molecule has 2 N–H and O–H groups in total. The highest BCUT2D eigenvalue weighted by Crippen LogP contribution is 2.19. The molecule has 0 bridgehead atoms. The van der Waals surface area contributed by atoms with Crippen molar-refractivity contribution in [3.63, 3.8) is 0 Å². The summed E-state index contributed by atoms with van der Waals surface area (Å²) in [4.78, 5) is 12.8. The Hall–Kier alpha value is -0.610. The van der Waals surface area contributed by atoms with E-state index in [1.54, 1.807) is 0 Å². The maximum absolute atomic E-state index is 10.6. The van der Waals surface area contributed by atoms with E-state index in [0.29, 0.717) is 5.92 Å².